The lowest BCUT2D eigenvalue weighted by Crippen LogP contribution is -2.52. The summed E-state index contributed by atoms with van der Waals surface area (Å²) in [7, 11) is 0. The fourth-order valence-corrected chi connectivity index (χ4v) is 4.85. The molecule has 0 atom stereocenters. The molecule has 0 aromatic heterocycles. The lowest BCUT2D eigenvalue weighted by molar-refractivity contribution is -0.117. The van der Waals surface area contributed by atoms with Gasteiger partial charge in [-0.3, -0.25) is 9.69 Å². The van der Waals surface area contributed by atoms with Crippen LogP contribution in [0.1, 0.15) is 38.2 Å². The molecule has 4 rings (SSSR count). The smallest absolute Gasteiger partial charge is 0.321 e. The second-order valence-electron chi connectivity index (χ2n) is 8.74. The number of para-hydroxylation sites is 1. The van der Waals surface area contributed by atoms with Gasteiger partial charge >= 0.3 is 6.03 Å². The number of nitrogens with zero attached hydrogens (tertiary/aromatic N) is 3. The lowest BCUT2D eigenvalue weighted by atomic mass is 10.1. The highest BCUT2D eigenvalue weighted by molar-refractivity contribution is 5.95. The molecule has 2 aromatic carbocycles. The van der Waals surface area contributed by atoms with E-state index in [2.05, 4.69) is 10.2 Å². The maximum atomic E-state index is 12.8. The van der Waals surface area contributed by atoms with Crippen molar-refractivity contribution >= 4 is 23.3 Å². The number of hydrogen-bond donors (Lipinski definition) is 1. The molecule has 2 aromatic rings. The summed E-state index contributed by atoms with van der Waals surface area (Å²) in [4.78, 5) is 31.7. The Kier molecular flexibility index (Phi) is 7.43. The van der Waals surface area contributed by atoms with Crippen molar-refractivity contribution in [2.75, 3.05) is 42.9 Å². The zero-order chi connectivity index (χ0) is 22.3. The molecule has 1 aliphatic heterocycles. The van der Waals surface area contributed by atoms with E-state index in [0.717, 1.165) is 49.2 Å². The summed E-state index contributed by atoms with van der Waals surface area (Å²) in [6, 6.07) is 18.0. The van der Waals surface area contributed by atoms with Crippen LogP contribution >= 0.6 is 0 Å². The first-order chi connectivity index (χ1) is 15.6. The second kappa shape index (κ2) is 10.6. The van der Waals surface area contributed by atoms with Crippen LogP contribution in [0.15, 0.2) is 54.6 Å². The summed E-state index contributed by atoms with van der Waals surface area (Å²) in [5, 5.41) is 3.01. The summed E-state index contributed by atoms with van der Waals surface area (Å²) in [5.41, 5.74) is 2.62. The van der Waals surface area contributed by atoms with Crippen molar-refractivity contribution in [3.05, 3.63) is 60.2 Å². The van der Waals surface area contributed by atoms with E-state index in [1.54, 1.807) is 4.90 Å². The molecule has 0 radical (unpaired) electrons. The molecule has 6 nitrogen and oxygen atoms in total. The number of benzene rings is 2. The van der Waals surface area contributed by atoms with E-state index in [1.807, 2.05) is 66.4 Å². The fourth-order valence-electron chi connectivity index (χ4n) is 4.85. The highest BCUT2D eigenvalue weighted by Gasteiger charge is 2.27. The number of nitrogens with one attached hydrogen (secondary N) is 1. The van der Waals surface area contributed by atoms with Gasteiger partial charge < -0.3 is 15.1 Å². The third-order valence-electron chi connectivity index (χ3n) is 6.69. The number of likely N-dealkylation sites (N-methyl/N-ethyl adjacent to an activating group) is 1. The van der Waals surface area contributed by atoms with Crippen molar-refractivity contribution in [2.24, 2.45) is 0 Å². The van der Waals surface area contributed by atoms with Gasteiger partial charge in [0.15, 0.2) is 0 Å². The van der Waals surface area contributed by atoms with Crippen molar-refractivity contribution in [1.29, 1.82) is 0 Å². The molecule has 3 amide bonds. The fraction of sp³-hybridized carbons (Fsp3) is 0.462. The van der Waals surface area contributed by atoms with E-state index < -0.39 is 0 Å². The van der Waals surface area contributed by atoms with E-state index >= 15 is 0 Å². The van der Waals surface area contributed by atoms with Gasteiger partial charge in [0.1, 0.15) is 0 Å². The molecule has 6 heteroatoms. The summed E-state index contributed by atoms with van der Waals surface area (Å²) >= 11 is 0. The van der Waals surface area contributed by atoms with Crippen LogP contribution in [-0.4, -0.2) is 60.5 Å². The molecule has 170 valence electrons. The van der Waals surface area contributed by atoms with Gasteiger partial charge in [-0.05, 0) is 49.6 Å². The SMILES string of the molecule is CCN(C(=O)Cc1ccc(NC(=O)N2CCN(C3CCCC3)CC2)cc1)c1ccccc1. The molecule has 1 aliphatic carbocycles. The normalized spacial score (nSPS) is 17.3. The van der Waals surface area contributed by atoms with Crippen molar-refractivity contribution < 1.29 is 9.59 Å². The Hall–Kier alpha value is -2.86. The van der Waals surface area contributed by atoms with Crippen LogP contribution in [0, 0.1) is 0 Å². The summed E-state index contributed by atoms with van der Waals surface area (Å²) in [6.07, 6.45) is 5.64. The molecule has 1 saturated carbocycles. The number of piperazine rings is 1. The molecule has 2 fully saturated rings. The quantitative estimate of drug-likeness (QED) is 0.734. The van der Waals surface area contributed by atoms with Crippen LogP contribution in [0.25, 0.3) is 0 Å². The van der Waals surface area contributed by atoms with Crippen molar-refractivity contribution in [3.8, 4) is 0 Å². The van der Waals surface area contributed by atoms with E-state index in [4.69, 9.17) is 0 Å². The minimum absolute atomic E-state index is 0.0406. The number of rotatable bonds is 6. The zero-order valence-electron chi connectivity index (χ0n) is 19.0. The minimum atomic E-state index is -0.0406. The minimum Gasteiger partial charge on any atom is -0.322 e. The van der Waals surface area contributed by atoms with Gasteiger partial charge in [0.2, 0.25) is 5.91 Å². The molecule has 0 unspecified atom stereocenters. The van der Waals surface area contributed by atoms with Crippen LogP contribution in [0.4, 0.5) is 16.2 Å². The average molecular weight is 435 g/mol. The first-order valence-corrected chi connectivity index (χ1v) is 11.9. The molecule has 2 aliphatic rings. The van der Waals surface area contributed by atoms with Gasteiger partial charge in [0.25, 0.3) is 0 Å². The van der Waals surface area contributed by atoms with Gasteiger partial charge in [-0.15, -0.1) is 0 Å². The molecular formula is C26H34N4O2. The van der Waals surface area contributed by atoms with Crippen LogP contribution in [0.5, 0.6) is 0 Å². The van der Waals surface area contributed by atoms with Crippen molar-refractivity contribution in [2.45, 2.75) is 45.1 Å². The Balaban J connectivity index is 1.27. The monoisotopic (exact) mass is 434 g/mol. The summed E-state index contributed by atoms with van der Waals surface area (Å²) in [5.74, 6) is 0.0654. The molecule has 0 spiro atoms. The maximum Gasteiger partial charge on any atom is 0.321 e. The number of carbonyl (C=O) groups is 2. The number of urea groups is 1. The Morgan fingerprint density at radius 3 is 2.22 bits per heavy atom. The summed E-state index contributed by atoms with van der Waals surface area (Å²) < 4.78 is 0. The molecule has 1 saturated heterocycles. The first-order valence-electron chi connectivity index (χ1n) is 11.9. The topological polar surface area (TPSA) is 55.9 Å². The molecule has 32 heavy (non-hydrogen) atoms. The van der Waals surface area contributed by atoms with E-state index in [1.165, 1.54) is 25.7 Å². The van der Waals surface area contributed by atoms with Gasteiger partial charge in [-0.25, -0.2) is 4.79 Å². The van der Waals surface area contributed by atoms with Crippen LogP contribution < -0.4 is 10.2 Å². The Morgan fingerprint density at radius 1 is 0.938 bits per heavy atom. The van der Waals surface area contributed by atoms with E-state index in [9.17, 15) is 9.59 Å². The Labute approximate surface area is 191 Å². The van der Waals surface area contributed by atoms with Crippen LogP contribution in [-0.2, 0) is 11.2 Å². The van der Waals surface area contributed by atoms with Crippen LogP contribution in [0.3, 0.4) is 0 Å². The predicted octanol–water partition coefficient (Wildman–Crippen LogP) is 4.37. The number of carbonyl (C=O) groups excluding carboxylic acids is 2. The molecule has 1 heterocycles. The van der Waals surface area contributed by atoms with Crippen molar-refractivity contribution in [1.82, 2.24) is 9.80 Å². The predicted molar refractivity (Wildman–Crippen MR) is 129 cm³/mol. The van der Waals surface area contributed by atoms with Crippen LogP contribution in [0.2, 0.25) is 0 Å². The van der Waals surface area contributed by atoms with Gasteiger partial charge in [-0.1, -0.05) is 43.2 Å². The largest absolute Gasteiger partial charge is 0.322 e. The first kappa shape index (κ1) is 22.3. The zero-order valence-corrected chi connectivity index (χ0v) is 19.0. The van der Waals surface area contributed by atoms with E-state index in [-0.39, 0.29) is 11.9 Å². The Morgan fingerprint density at radius 2 is 1.59 bits per heavy atom. The third-order valence-corrected chi connectivity index (χ3v) is 6.69. The number of anilines is 2. The third kappa shape index (κ3) is 5.49. The van der Waals surface area contributed by atoms with Crippen molar-refractivity contribution in [3.63, 3.8) is 0 Å². The van der Waals surface area contributed by atoms with E-state index in [0.29, 0.717) is 13.0 Å². The van der Waals surface area contributed by atoms with Gasteiger partial charge in [0, 0.05) is 50.1 Å². The lowest BCUT2D eigenvalue weighted by Gasteiger charge is -2.38. The highest BCUT2D eigenvalue weighted by Crippen LogP contribution is 2.24. The second-order valence-corrected chi connectivity index (χ2v) is 8.74. The maximum absolute atomic E-state index is 12.8. The summed E-state index contributed by atoms with van der Waals surface area (Å²) in [6.45, 7) is 6.10. The van der Waals surface area contributed by atoms with Gasteiger partial charge in [0.05, 0.1) is 6.42 Å². The molecule has 0 bridgehead atoms. The Bertz CT molecular complexity index is 886. The number of hydrogen-bond acceptors (Lipinski definition) is 3. The molecular weight excluding hydrogens is 400 g/mol. The number of amides is 3. The highest BCUT2D eigenvalue weighted by atomic mass is 16.2. The standard InChI is InChI=1S/C26H34N4O2/c1-2-30(24-10-4-3-5-11-24)25(31)20-21-12-14-22(15-13-21)27-26(32)29-18-16-28(17-19-29)23-8-6-7-9-23/h3-5,10-15,23H,2,6-9,16-20H2,1H3,(H,27,32). The molecule has 1 N–H and O–H groups in total. The van der Waals surface area contributed by atoms with Gasteiger partial charge in [-0.2, -0.15) is 0 Å². The average Bonchev–Trinajstić information content (AvgIpc) is 3.37.